The zero-order valence-electron chi connectivity index (χ0n) is 19.5. The highest BCUT2D eigenvalue weighted by atomic mass is 35.5. The lowest BCUT2D eigenvalue weighted by Gasteiger charge is -2.19. The summed E-state index contributed by atoms with van der Waals surface area (Å²) in [5.41, 5.74) is 2.62. The first-order valence-corrected chi connectivity index (χ1v) is 12.4. The second-order valence-corrected chi connectivity index (χ2v) is 11.0. The van der Waals surface area contributed by atoms with Gasteiger partial charge >= 0.3 is 0 Å². The maximum Gasteiger partial charge on any atom is 0.216 e. The number of nitriles is 1. The molecule has 0 amide bonds. The molecule has 0 N–H and O–H groups in total. The molecule has 176 valence electrons. The van der Waals surface area contributed by atoms with Gasteiger partial charge in [0, 0.05) is 10.6 Å². The summed E-state index contributed by atoms with van der Waals surface area (Å²) in [4.78, 5) is -0.434. The minimum Gasteiger partial charge on any atom is -0.493 e. The van der Waals surface area contributed by atoms with Crippen LogP contribution in [0, 0.1) is 11.3 Å². The van der Waals surface area contributed by atoms with Crippen molar-refractivity contribution in [3.8, 4) is 17.6 Å². The van der Waals surface area contributed by atoms with Crippen LogP contribution < -0.4 is 9.47 Å². The van der Waals surface area contributed by atoms with Crippen molar-refractivity contribution in [2.75, 3.05) is 7.11 Å². The monoisotopic (exact) mass is 495 g/mol. The van der Waals surface area contributed by atoms with Crippen LogP contribution in [-0.4, -0.2) is 15.5 Å². The Hall–Kier alpha value is -3.27. The van der Waals surface area contributed by atoms with E-state index in [1.54, 1.807) is 24.3 Å². The molecule has 0 fully saturated rings. The predicted molar refractivity (Wildman–Crippen MR) is 135 cm³/mol. The van der Waals surface area contributed by atoms with Gasteiger partial charge in [-0.1, -0.05) is 68.8 Å². The van der Waals surface area contributed by atoms with Gasteiger partial charge in [0.05, 0.1) is 12.0 Å². The van der Waals surface area contributed by atoms with E-state index in [9.17, 15) is 13.7 Å². The average Bonchev–Trinajstić information content (AvgIpc) is 2.81. The van der Waals surface area contributed by atoms with E-state index in [0.717, 1.165) is 5.56 Å². The molecular weight excluding hydrogens is 470 g/mol. The molecule has 0 bridgehead atoms. The number of allylic oxidation sites excluding steroid dienone is 1. The summed E-state index contributed by atoms with van der Waals surface area (Å²) in [6.07, 6.45) is 1.30. The van der Waals surface area contributed by atoms with Crippen molar-refractivity contribution >= 4 is 27.5 Å². The van der Waals surface area contributed by atoms with Crippen LogP contribution in [0.4, 0.5) is 0 Å². The molecule has 0 atom stereocenters. The Morgan fingerprint density at radius 2 is 1.68 bits per heavy atom. The van der Waals surface area contributed by atoms with Gasteiger partial charge in [-0.2, -0.15) is 5.26 Å². The zero-order chi connectivity index (χ0) is 24.9. The fourth-order valence-corrected chi connectivity index (χ4v) is 4.55. The lowest BCUT2D eigenvalue weighted by Crippen LogP contribution is -2.11. The van der Waals surface area contributed by atoms with Gasteiger partial charge in [0.1, 0.15) is 17.6 Å². The van der Waals surface area contributed by atoms with Crippen LogP contribution in [0.2, 0.25) is 5.02 Å². The molecule has 0 heterocycles. The fraction of sp³-hybridized carbons (Fsp3) is 0.222. The Bertz CT molecular complexity index is 1330. The predicted octanol–water partition coefficient (Wildman–Crippen LogP) is 6.56. The second-order valence-electron chi connectivity index (χ2n) is 8.69. The molecule has 0 saturated heterocycles. The van der Waals surface area contributed by atoms with E-state index < -0.39 is 14.7 Å². The third-order valence-electron chi connectivity index (χ3n) is 5.24. The van der Waals surface area contributed by atoms with Crippen molar-refractivity contribution in [2.24, 2.45) is 0 Å². The molecule has 34 heavy (non-hydrogen) atoms. The van der Waals surface area contributed by atoms with Crippen molar-refractivity contribution in [1.82, 2.24) is 0 Å². The smallest absolute Gasteiger partial charge is 0.216 e. The fourth-order valence-electron chi connectivity index (χ4n) is 3.27. The highest BCUT2D eigenvalue weighted by Gasteiger charge is 2.22. The van der Waals surface area contributed by atoms with Crippen LogP contribution in [0.15, 0.2) is 76.5 Å². The number of para-hydroxylation sites is 1. The van der Waals surface area contributed by atoms with Crippen LogP contribution in [0.1, 0.15) is 37.5 Å². The maximum absolute atomic E-state index is 13.0. The topological polar surface area (TPSA) is 76.4 Å². The standard InChI is InChI=1S/C27H26ClNO4S/c1-27(2,3)21-10-8-19(9-11-21)18-33-26-20(6-5-7-25(26)32-4)16-24(17-29)34(30,31)23-14-12-22(28)13-15-23/h5-16H,18H2,1-4H3. The zero-order valence-corrected chi connectivity index (χ0v) is 21.1. The molecule has 0 aliphatic heterocycles. The summed E-state index contributed by atoms with van der Waals surface area (Å²) < 4.78 is 37.6. The summed E-state index contributed by atoms with van der Waals surface area (Å²) in [5.74, 6) is 0.783. The Labute approximate surface area is 206 Å². The van der Waals surface area contributed by atoms with Crippen molar-refractivity contribution in [1.29, 1.82) is 5.26 Å². The number of halogens is 1. The number of rotatable bonds is 7. The van der Waals surface area contributed by atoms with E-state index in [1.165, 1.54) is 43.0 Å². The van der Waals surface area contributed by atoms with Gasteiger partial charge in [0.25, 0.3) is 0 Å². The first-order valence-electron chi connectivity index (χ1n) is 10.6. The minimum absolute atomic E-state index is 0.0194. The van der Waals surface area contributed by atoms with Crippen molar-refractivity contribution in [3.05, 3.63) is 93.3 Å². The largest absolute Gasteiger partial charge is 0.493 e. The molecular formula is C27H26ClNO4S. The minimum atomic E-state index is -4.04. The summed E-state index contributed by atoms with van der Waals surface area (Å²) >= 11 is 5.87. The number of methoxy groups -OCH3 is 1. The van der Waals surface area contributed by atoms with Gasteiger partial charge in [-0.05, 0) is 52.9 Å². The molecule has 3 rings (SSSR count). The Morgan fingerprint density at radius 1 is 1.03 bits per heavy atom. The molecule has 0 aliphatic rings. The Kier molecular flexibility index (Phi) is 7.71. The molecule has 3 aromatic carbocycles. The van der Waals surface area contributed by atoms with Crippen LogP contribution in [0.3, 0.4) is 0 Å². The van der Waals surface area contributed by atoms with E-state index in [0.29, 0.717) is 22.1 Å². The quantitative estimate of drug-likeness (QED) is 0.347. The van der Waals surface area contributed by atoms with Crippen molar-refractivity contribution in [3.63, 3.8) is 0 Å². The van der Waals surface area contributed by atoms with Crippen molar-refractivity contribution in [2.45, 2.75) is 37.7 Å². The van der Waals surface area contributed by atoms with E-state index in [4.69, 9.17) is 21.1 Å². The van der Waals surface area contributed by atoms with Crippen LogP contribution in [-0.2, 0) is 21.9 Å². The highest BCUT2D eigenvalue weighted by molar-refractivity contribution is 7.95. The molecule has 0 spiro atoms. The highest BCUT2D eigenvalue weighted by Crippen LogP contribution is 2.35. The Morgan fingerprint density at radius 3 is 2.24 bits per heavy atom. The van der Waals surface area contributed by atoms with Gasteiger partial charge in [-0.15, -0.1) is 0 Å². The number of hydrogen-bond donors (Lipinski definition) is 0. The number of ether oxygens (including phenoxy) is 2. The number of sulfone groups is 1. The summed E-state index contributed by atoms with van der Waals surface area (Å²) in [6.45, 7) is 6.70. The molecule has 0 saturated carbocycles. The number of nitrogens with zero attached hydrogens (tertiary/aromatic N) is 1. The molecule has 0 aromatic heterocycles. The SMILES string of the molecule is COc1cccc(C=C(C#N)S(=O)(=O)c2ccc(Cl)cc2)c1OCc1ccc(C(C)(C)C)cc1. The molecule has 3 aromatic rings. The first kappa shape index (κ1) is 25.4. The summed E-state index contributed by atoms with van der Waals surface area (Å²) in [7, 11) is -2.54. The van der Waals surface area contributed by atoms with Crippen LogP contribution in [0.5, 0.6) is 11.5 Å². The van der Waals surface area contributed by atoms with E-state index in [1.807, 2.05) is 12.1 Å². The van der Waals surface area contributed by atoms with E-state index >= 15 is 0 Å². The van der Waals surface area contributed by atoms with Gasteiger partial charge < -0.3 is 9.47 Å². The number of hydrogen-bond acceptors (Lipinski definition) is 5. The molecule has 0 radical (unpaired) electrons. The van der Waals surface area contributed by atoms with E-state index in [2.05, 4.69) is 32.9 Å². The van der Waals surface area contributed by atoms with Gasteiger partial charge in [0.2, 0.25) is 9.84 Å². The Balaban J connectivity index is 1.95. The van der Waals surface area contributed by atoms with Crippen LogP contribution >= 0.6 is 11.6 Å². The van der Waals surface area contributed by atoms with E-state index in [-0.39, 0.29) is 16.9 Å². The van der Waals surface area contributed by atoms with Gasteiger partial charge in [-0.25, -0.2) is 8.42 Å². The molecule has 0 unspecified atom stereocenters. The second kappa shape index (κ2) is 10.3. The van der Waals surface area contributed by atoms with Crippen molar-refractivity contribution < 1.29 is 17.9 Å². The van der Waals surface area contributed by atoms with Gasteiger partial charge in [0.15, 0.2) is 11.5 Å². The van der Waals surface area contributed by atoms with Gasteiger partial charge in [-0.3, -0.25) is 0 Å². The molecule has 0 aliphatic carbocycles. The first-order chi connectivity index (χ1) is 16.1. The maximum atomic E-state index is 13.0. The third kappa shape index (κ3) is 5.80. The number of benzene rings is 3. The molecule has 7 heteroatoms. The normalized spacial score (nSPS) is 12.2. The lowest BCUT2D eigenvalue weighted by molar-refractivity contribution is 0.284. The summed E-state index contributed by atoms with van der Waals surface area (Å²) in [6, 6.07) is 20.7. The average molecular weight is 496 g/mol. The van der Waals surface area contributed by atoms with Crippen LogP contribution in [0.25, 0.3) is 6.08 Å². The summed E-state index contributed by atoms with van der Waals surface area (Å²) in [5, 5.41) is 10.1. The third-order valence-corrected chi connectivity index (χ3v) is 7.18. The molecule has 5 nitrogen and oxygen atoms in total. The lowest BCUT2D eigenvalue weighted by atomic mass is 9.87.